The van der Waals surface area contributed by atoms with Gasteiger partial charge in [0.2, 0.25) is 0 Å². The maximum atomic E-state index is 7.08. The van der Waals surface area contributed by atoms with Crippen LogP contribution in [-0.2, 0) is 0 Å². The van der Waals surface area contributed by atoms with Gasteiger partial charge in [-0.2, -0.15) is 0 Å². The van der Waals surface area contributed by atoms with E-state index in [2.05, 4.69) is 217 Å². The quantitative estimate of drug-likeness (QED) is 0.159. The summed E-state index contributed by atoms with van der Waals surface area (Å²) in [7, 11) is 0. The zero-order chi connectivity index (χ0) is 50.6. The van der Waals surface area contributed by atoms with E-state index in [1.807, 2.05) is 42.5 Å². The molecule has 16 rings (SSSR count). The van der Waals surface area contributed by atoms with Gasteiger partial charge in [-0.05, 0) is 80.4 Å². The molecule has 0 spiro atoms. The van der Waals surface area contributed by atoms with E-state index >= 15 is 0 Å². The predicted molar refractivity (Wildman–Crippen MR) is 316 cm³/mol. The van der Waals surface area contributed by atoms with Gasteiger partial charge in [0, 0.05) is 60.5 Å². The number of aromatic nitrogens is 4. The Kier molecular flexibility index (Phi) is 9.53. The second-order valence-electron chi connectivity index (χ2n) is 19.9. The number of hydrogen-bond acceptors (Lipinski definition) is 5. The number of furan rings is 2. The second kappa shape index (κ2) is 17.1. The predicted octanol–water partition coefficient (Wildman–Crippen LogP) is 19.1. The minimum atomic E-state index is 0.513. The Morgan fingerprint density at radius 2 is 0.844 bits per heavy atom. The largest absolute Gasteiger partial charge is 0.456 e. The molecule has 0 saturated carbocycles. The van der Waals surface area contributed by atoms with Crippen LogP contribution in [0.2, 0.25) is 0 Å². The Balaban J connectivity index is 0.963. The molecule has 0 radical (unpaired) electrons. The molecular formula is C71H42N4O2. The van der Waals surface area contributed by atoms with Crippen molar-refractivity contribution < 1.29 is 8.83 Å². The topological polar surface area (TPSA) is 69.9 Å². The van der Waals surface area contributed by atoms with Crippen molar-refractivity contribution in [3.8, 4) is 73.2 Å². The lowest BCUT2D eigenvalue weighted by Crippen LogP contribution is -2.01. The molecule has 0 saturated heterocycles. The Hall–Kier alpha value is -10.4. The van der Waals surface area contributed by atoms with E-state index in [9.17, 15) is 0 Å². The van der Waals surface area contributed by atoms with Gasteiger partial charge in [-0.3, -0.25) is 0 Å². The number of fused-ring (bicyclic) bond motifs is 12. The zero-order valence-electron chi connectivity index (χ0n) is 41.4. The lowest BCUT2D eigenvalue weighted by Gasteiger charge is -2.16. The highest BCUT2D eigenvalue weighted by Crippen LogP contribution is 2.46. The van der Waals surface area contributed by atoms with Crippen LogP contribution in [0.5, 0.6) is 0 Å². The van der Waals surface area contributed by atoms with Crippen LogP contribution in [0, 0.1) is 0 Å². The number of rotatable bonds is 7. The molecular weight excluding hydrogens is 941 g/mol. The van der Waals surface area contributed by atoms with Gasteiger partial charge in [-0.15, -0.1) is 0 Å². The molecule has 0 aliphatic carbocycles. The monoisotopic (exact) mass is 982 g/mol. The van der Waals surface area contributed by atoms with E-state index in [0.717, 1.165) is 105 Å². The Morgan fingerprint density at radius 1 is 0.286 bits per heavy atom. The van der Waals surface area contributed by atoms with Crippen LogP contribution >= 0.6 is 0 Å². The van der Waals surface area contributed by atoms with Crippen LogP contribution in [0.3, 0.4) is 0 Å². The molecule has 0 aliphatic heterocycles. The lowest BCUT2D eigenvalue weighted by molar-refractivity contribution is 0.668. The van der Waals surface area contributed by atoms with Crippen LogP contribution in [-0.4, -0.2) is 19.5 Å². The fraction of sp³-hybridized carbons (Fsp3) is 0. The maximum Gasteiger partial charge on any atom is 0.167 e. The molecule has 6 nitrogen and oxygen atoms in total. The van der Waals surface area contributed by atoms with Crippen molar-refractivity contribution in [2.24, 2.45) is 0 Å². The normalized spacial score (nSPS) is 11.9. The summed E-state index contributed by atoms with van der Waals surface area (Å²) in [6, 6.07) is 90.1. The van der Waals surface area contributed by atoms with Crippen LogP contribution < -0.4 is 0 Å². The van der Waals surface area contributed by atoms with E-state index in [1.54, 1.807) is 0 Å². The molecule has 0 bridgehead atoms. The molecule has 6 heteroatoms. The molecule has 0 amide bonds. The third-order valence-corrected chi connectivity index (χ3v) is 15.4. The first kappa shape index (κ1) is 43.0. The van der Waals surface area contributed by atoms with E-state index < -0.39 is 0 Å². The van der Waals surface area contributed by atoms with E-state index in [0.29, 0.717) is 17.5 Å². The first-order chi connectivity index (χ1) is 38.1. The van der Waals surface area contributed by atoms with Crippen LogP contribution in [0.15, 0.2) is 264 Å². The average Bonchev–Trinajstić information content (AvgIpc) is 4.31. The third kappa shape index (κ3) is 6.93. The molecule has 77 heavy (non-hydrogen) atoms. The highest BCUT2D eigenvalue weighted by molar-refractivity contribution is 6.22. The van der Waals surface area contributed by atoms with Crippen molar-refractivity contribution in [1.29, 1.82) is 0 Å². The van der Waals surface area contributed by atoms with Gasteiger partial charge in [0.05, 0.1) is 22.3 Å². The summed E-state index contributed by atoms with van der Waals surface area (Å²) in [5.41, 5.74) is 15.5. The summed E-state index contributed by atoms with van der Waals surface area (Å²) in [6.07, 6.45) is 0. The molecule has 4 heterocycles. The van der Waals surface area contributed by atoms with E-state index in [4.69, 9.17) is 23.8 Å². The highest BCUT2D eigenvalue weighted by atomic mass is 16.3. The van der Waals surface area contributed by atoms with Crippen molar-refractivity contribution in [3.05, 3.63) is 255 Å². The van der Waals surface area contributed by atoms with Crippen molar-refractivity contribution >= 4 is 87.2 Å². The third-order valence-electron chi connectivity index (χ3n) is 15.4. The summed E-state index contributed by atoms with van der Waals surface area (Å²) < 4.78 is 16.2. The van der Waals surface area contributed by atoms with E-state index in [1.165, 1.54) is 37.9 Å². The molecule has 0 aliphatic rings. The Morgan fingerprint density at radius 3 is 1.60 bits per heavy atom. The standard InChI is InChI=1S/C71H42N4O2/c1-3-15-43(16-4-1)45-29-33-48(34-30-45)58-41-60-65(42-62(58)75-61-40-51-21-8-7-20-50(51)39-59(61)54-38-37-47-19-9-10-22-52(47)67(54)75)76-64-28-14-25-56(66(60)64)70-72-69(49-35-31-46(32-36-49)44-17-5-2-6-18-44)73-71(74-70)57-26-13-24-55-53-23-11-12-27-63(53)77-68(55)57/h1-42H. The molecule has 4 aromatic heterocycles. The van der Waals surface area contributed by atoms with Crippen molar-refractivity contribution in [2.45, 2.75) is 0 Å². The summed E-state index contributed by atoms with van der Waals surface area (Å²) in [5.74, 6) is 1.59. The van der Waals surface area contributed by atoms with Crippen LogP contribution in [0.1, 0.15) is 0 Å². The molecule has 0 unspecified atom stereocenters. The fourth-order valence-electron chi connectivity index (χ4n) is 11.8. The first-order valence-electron chi connectivity index (χ1n) is 26.0. The second-order valence-corrected chi connectivity index (χ2v) is 19.9. The van der Waals surface area contributed by atoms with Crippen LogP contribution in [0.25, 0.3) is 160 Å². The van der Waals surface area contributed by atoms with Gasteiger partial charge < -0.3 is 13.4 Å². The number of nitrogens with zero attached hydrogens (tertiary/aromatic N) is 4. The minimum absolute atomic E-state index is 0.513. The fourth-order valence-corrected chi connectivity index (χ4v) is 11.8. The summed E-state index contributed by atoms with van der Waals surface area (Å²) >= 11 is 0. The molecule has 0 atom stereocenters. The number of para-hydroxylation sites is 2. The van der Waals surface area contributed by atoms with Crippen molar-refractivity contribution in [2.75, 3.05) is 0 Å². The summed E-state index contributed by atoms with van der Waals surface area (Å²) in [6.45, 7) is 0. The summed E-state index contributed by atoms with van der Waals surface area (Å²) in [4.78, 5) is 16.0. The molecule has 0 fully saturated rings. The Bertz CT molecular complexity index is 5020. The van der Waals surface area contributed by atoms with Gasteiger partial charge in [-0.1, -0.05) is 212 Å². The van der Waals surface area contributed by atoms with Gasteiger partial charge >= 0.3 is 0 Å². The Labute approximate surface area is 441 Å². The first-order valence-corrected chi connectivity index (χ1v) is 26.0. The van der Waals surface area contributed by atoms with Crippen molar-refractivity contribution in [1.82, 2.24) is 19.5 Å². The number of hydrogen-bond donors (Lipinski definition) is 0. The van der Waals surface area contributed by atoms with E-state index in [-0.39, 0.29) is 0 Å². The van der Waals surface area contributed by atoms with Gasteiger partial charge in [0.25, 0.3) is 0 Å². The van der Waals surface area contributed by atoms with Gasteiger partial charge in [0.15, 0.2) is 17.5 Å². The smallest absolute Gasteiger partial charge is 0.167 e. The highest BCUT2D eigenvalue weighted by Gasteiger charge is 2.25. The molecule has 358 valence electrons. The lowest BCUT2D eigenvalue weighted by atomic mass is 9.96. The zero-order valence-corrected chi connectivity index (χ0v) is 41.4. The molecule has 12 aromatic carbocycles. The molecule has 16 aromatic rings. The van der Waals surface area contributed by atoms with Crippen molar-refractivity contribution in [3.63, 3.8) is 0 Å². The van der Waals surface area contributed by atoms with Crippen LogP contribution in [0.4, 0.5) is 0 Å². The van der Waals surface area contributed by atoms with Gasteiger partial charge in [-0.25, -0.2) is 15.0 Å². The van der Waals surface area contributed by atoms with Gasteiger partial charge in [0.1, 0.15) is 22.3 Å². The molecule has 0 N–H and O–H groups in total. The minimum Gasteiger partial charge on any atom is -0.456 e. The maximum absolute atomic E-state index is 7.08. The SMILES string of the molecule is c1ccc(-c2ccc(-c3nc(-c4cccc5c4oc4ccccc45)nc(-c4cccc5oc6cc(-n7c8cc9ccccc9cc8c8ccc9ccccc9c87)c(-c7ccc(-c8ccccc8)cc7)cc6c45)n3)cc2)cc1. The average molecular weight is 983 g/mol. The summed E-state index contributed by atoms with van der Waals surface area (Å²) in [5, 5.41) is 11.0. The number of benzene rings is 12.